The van der Waals surface area contributed by atoms with Crippen LogP contribution in [0.1, 0.15) is 37.7 Å². The molecule has 1 unspecified atom stereocenters. The Morgan fingerprint density at radius 1 is 1.36 bits per heavy atom. The number of halogens is 1. The van der Waals surface area contributed by atoms with Crippen molar-refractivity contribution >= 4 is 31.7 Å². The summed E-state index contributed by atoms with van der Waals surface area (Å²) in [5, 5.41) is 6.73. The Balaban J connectivity index is 1.67. The summed E-state index contributed by atoms with van der Waals surface area (Å²) in [6.07, 6.45) is 5.44. The first-order valence-corrected chi connectivity index (χ1v) is 11.5. The average Bonchev–Trinajstić information content (AvgIpc) is 3.18. The molecule has 138 valence electrons. The van der Waals surface area contributed by atoms with Crippen LogP contribution in [0.4, 0.5) is 0 Å². The zero-order chi connectivity index (χ0) is 17.9. The van der Waals surface area contributed by atoms with Gasteiger partial charge in [0.1, 0.15) is 0 Å². The highest BCUT2D eigenvalue weighted by molar-refractivity contribution is 9.10. The van der Waals surface area contributed by atoms with Crippen molar-refractivity contribution < 1.29 is 8.42 Å². The van der Waals surface area contributed by atoms with Gasteiger partial charge in [0.05, 0.1) is 11.5 Å². The Morgan fingerprint density at radius 2 is 2.12 bits per heavy atom. The van der Waals surface area contributed by atoms with Crippen LogP contribution in [0.3, 0.4) is 0 Å². The Hall–Kier alpha value is -1.08. The molecule has 0 spiro atoms. The van der Waals surface area contributed by atoms with Gasteiger partial charge in [-0.05, 0) is 37.0 Å². The van der Waals surface area contributed by atoms with Crippen molar-refractivity contribution in [2.45, 2.75) is 43.6 Å². The lowest BCUT2D eigenvalue weighted by Gasteiger charge is -2.31. The van der Waals surface area contributed by atoms with Crippen LogP contribution in [-0.4, -0.2) is 45.5 Å². The summed E-state index contributed by atoms with van der Waals surface area (Å²) in [5.74, 6) is 1.16. The summed E-state index contributed by atoms with van der Waals surface area (Å²) < 4.78 is 24.4. The smallest absolute Gasteiger partial charge is 0.191 e. The van der Waals surface area contributed by atoms with Crippen LogP contribution in [0, 0.1) is 0 Å². The van der Waals surface area contributed by atoms with Gasteiger partial charge in [-0.3, -0.25) is 4.99 Å². The zero-order valence-electron chi connectivity index (χ0n) is 14.6. The van der Waals surface area contributed by atoms with E-state index in [1.165, 1.54) is 18.4 Å². The monoisotopic (exact) mass is 427 g/mol. The molecule has 2 aliphatic rings. The maximum absolute atomic E-state index is 11.6. The third kappa shape index (κ3) is 4.56. The van der Waals surface area contributed by atoms with Gasteiger partial charge in [-0.1, -0.05) is 40.9 Å². The van der Waals surface area contributed by atoms with Crippen LogP contribution in [-0.2, 0) is 15.3 Å². The average molecular weight is 428 g/mol. The van der Waals surface area contributed by atoms with Crippen molar-refractivity contribution in [1.82, 2.24) is 10.6 Å². The molecular formula is C18H26BrN3O2S. The molecule has 2 fully saturated rings. The fourth-order valence-electron chi connectivity index (χ4n) is 3.99. The van der Waals surface area contributed by atoms with Gasteiger partial charge in [0.25, 0.3) is 0 Å². The fraction of sp³-hybridized carbons (Fsp3) is 0.611. The second kappa shape index (κ2) is 7.66. The van der Waals surface area contributed by atoms with Crippen LogP contribution >= 0.6 is 15.9 Å². The standard InChI is InChI=1S/C18H26BrN3O2S/c1-20-17(22-16-7-10-25(23,24)12-16)21-13-18(8-2-3-9-18)14-5-4-6-15(19)11-14/h4-6,11,16H,2-3,7-10,12-13H2,1H3,(H2,20,21,22). The minimum atomic E-state index is -2.89. The number of hydrogen-bond acceptors (Lipinski definition) is 3. The highest BCUT2D eigenvalue weighted by Crippen LogP contribution is 2.41. The normalized spacial score (nSPS) is 25.0. The molecule has 3 rings (SSSR count). The number of benzene rings is 1. The first-order chi connectivity index (χ1) is 11.9. The molecule has 7 heteroatoms. The maximum Gasteiger partial charge on any atom is 0.191 e. The van der Waals surface area contributed by atoms with Crippen molar-refractivity contribution in [2.24, 2.45) is 4.99 Å². The molecule has 0 bridgehead atoms. The predicted molar refractivity (Wildman–Crippen MR) is 106 cm³/mol. The second-order valence-corrected chi connectivity index (χ2v) is 10.3. The Bertz CT molecular complexity index is 742. The van der Waals surface area contributed by atoms with E-state index in [1.807, 2.05) is 0 Å². The topological polar surface area (TPSA) is 70.6 Å². The zero-order valence-corrected chi connectivity index (χ0v) is 17.0. The van der Waals surface area contributed by atoms with Crippen LogP contribution in [0.15, 0.2) is 33.7 Å². The summed E-state index contributed by atoms with van der Waals surface area (Å²) >= 11 is 3.58. The number of hydrogen-bond donors (Lipinski definition) is 2. The van der Waals surface area contributed by atoms with Crippen molar-refractivity contribution in [3.63, 3.8) is 0 Å². The van der Waals surface area contributed by atoms with E-state index in [0.717, 1.165) is 23.9 Å². The quantitative estimate of drug-likeness (QED) is 0.572. The molecule has 0 aromatic heterocycles. The first-order valence-electron chi connectivity index (χ1n) is 8.86. The van der Waals surface area contributed by atoms with E-state index in [4.69, 9.17) is 0 Å². The summed E-state index contributed by atoms with van der Waals surface area (Å²) in [6, 6.07) is 8.53. The molecule has 1 saturated heterocycles. The van der Waals surface area contributed by atoms with Gasteiger partial charge >= 0.3 is 0 Å². The summed E-state index contributed by atoms with van der Waals surface area (Å²) in [4.78, 5) is 4.29. The van der Waals surface area contributed by atoms with E-state index >= 15 is 0 Å². The van der Waals surface area contributed by atoms with Crippen LogP contribution in [0.5, 0.6) is 0 Å². The number of nitrogens with one attached hydrogen (secondary N) is 2. The molecule has 1 aliphatic carbocycles. The summed E-state index contributed by atoms with van der Waals surface area (Å²) in [6.45, 7) is 0.808. The second-order valence-electron chi connectivity index (χ2n) is 7.17. The number of aliphatic imine (C=N–C) groups is 1. The molecule has 1 aromatic carbocycles. The third-order valence-corrected chi connectivity index (χ3v) is 7.65. The molecule has 0 radical (unpaired) electrons. The van der Waals surface area contributed by atoms with E-state index < -0.39 is 9.84 Å². The van der Waals surface area contributed by atoms with Gasteiger partial charge in [-0.25, -0.2) is 8.42 Å². The molecule has 1 aliphatic heterocycles. The van der Waals surface area contributed by atoms with Gasteiger partial charge in [0, 0.05) is 29.5 Å². The minimum absolute atomic E-state index is 0.0402. The van der Waals surface area contributed by atoms with E-state index in [-0.39, 0.29) is 23.0 Å². The van der Waals surface area contributed by atoms with Crippen LogP contribution in [0.25, 0.3) is 0 Å². The highest BCUT2D eigenvalue weighted by atomic mass is 79.9. The molecule has 0 amide bonds. The Morgan fingerprint density at radius 3 is 2.72 bits per heavy atom. The lowest BCUT2D eigenvalue weighted by Crippen LogP contribution is -2.48. The Kier molecular flexibility index (Phi) is 5.73. The molecule has 25 heavy (non-hydrogen) atoms. The largest absolute Gasteiger partial charge is 0.356 e. The molecule has 1 atom stereocenters. The van der Waals surface area contributed by atoms with E-state index in [9.17, 15) is 8.42 Å². The lowest BCUT2D eigenvalue weighted by atomic mass is 9.79. The lowest BCUT2D eigenvalue weighted by molar-refractivity contribution is 0.430. The SMILES string of the molecule is CN=C(NCC1(c2cccc(Br)c2)CCCC1)NC1CCS(=O)(=O)C1. The van der Waals surface area contributed by atoms with Crippen LogP contribution < -0.4 is 10.6 Å². The van der Waals surface area contributed by atoms with Gasteiger partial charge in [0.2, 0.25) is 0 Å². The minimum Gasteiger partial charge on any atom is -0.356 e. The Labute approximate surface area is 158 Å². The summed E-state index contributed by atoms with van der Waals surface area (Å²) in [5.41, 5.74) is 1.47. The molecule has 1 saturated carbocycles. The molecular weight excluding hydrogens is 402 g/mol. The molecule has 5 nitrogen and oxygen atoms in total. The molecule has 2 N–H and O–H groups in total. The number of sulfone groups is 1. The van der Waals surface area contributed by atoms with Crippen molar-refractivity contribution in [3.05, 3.63) is 34.3 Å². The van der Waals surface area contributed by atoms with E-state index in [0.29, 0.717) is 12.4 Å². The van der Waals surface area contributed by atoms with Gasteiger partial charge < -0.3 is 10.6 Å². The van der Waals surface area contributed by atoms with E-state index in [1.54, 1.807) is 7.05 Å². The number of guanidine groups is 1. The number of rotatable bonds is 4. The van der Waals surface area contributed by atoms with Gasteiger partial charge in [0.15, 0.2) is 15.8 Å². The first kappa shape index (κ1) is 18.7. The van der Waals surface area contributed by atoms with Gasteiger partial charge in [-0.15, -0.1) is 0 Å². The summed E-state index contributed by atoms with van der Waals surface area (Å²) in [7, 11) is -1.15. The molecule has 1 heterocycles. The number of nitrogens with zero attached hydrogens (tertiary/aromatic N) is 1. The maximum atomic E-state index is 11.6. The fourth-order valence-corrected chi connectivity index (χ4v) is 6.06. The van der Waals surface area contributed by atoms with E-state index in [2.05, 4.69) is 55.8 Å². The highest BCUT2D eigenvalue weighted by Gasteiger charge is 2.36. The van der Waals surface area contributed by atoms with Gasteiger partial charge in [-0.2, -0.15) is 0 Å². The van der Waals surface area contributed by atoms with Crippen molar-refractivity contribution in [1.29, 1.82) is 0 Å². The predicted octanol–water partition coefficient (Wildman–Crippen LogP) is 2.61. The van der Waals surface area contributed by atoms with Crippen molar-refractivity contribution in [2.75, 3.05) is 25.1 Å². The van der Waals surface area contributed by atoms with Crippen LogP contribution in [0.2, 0.25) is 0 Å². The van der Waals surface area contributed by atoms with Crippen molar-refractivity contribution in [3.8, 4) is 0 Å². The third-order valence-electron chi connectivity index (χ3n) is 5.39. The molecule has 1 aromatic rings.